The van der Waals surface area contributed by atoms with Crippen LogP contribution in [-0.4, -0.2) is 113 Å². The zero-order chi connectivity index (χ0) is 54.2. The van der Waals surface area contributed by atoms with Gasteiger partial charge in [-0.05, 0) is 83.9 Å². The van der Waals surface area contributed by atoms with Crippen molar-refractivity contribution in [1.29, 1.82) is 0 Å². The fraction of sp³-hybridized carbons (Fsp3) is 0.149. The van der Waals surface area contributed by atoms with Crippen molar-refractivity contribution in [1.82, 2.24) is 0 Å². The van der Waals surface area contributed by atoms with Gasteiger partial charge in [0.1, 0.15) is 23.0 Å². The molecular formula is C47H30F6O20. The number of allylic oxidation sites excluding steroid dienone is 4. The molecule has 0 atom stereocenters. The average Bonchev–Trinajstić information content (AvgIpc) is 3.29. The summed E-state index contributed by atoms with van der Waals surface area (Å²) >= 11 is 0. The number of rotatable bonds is 18. The number of hydrogen-bond donors (Lipinski definition) is 8. The Labute approximate surface area is 401 Å². The van der Waals surface area contributed by atoms with Crippen molar-refractivity contribution in [3.05, 3.63) is 165 Å². The summed E-state index contributed by atoms with van der Waals surface area (Å²) in [6.45, 7) is 0. The zero-order valence-corrected chi connectivity index (χ0v) is 36.1. The normalized spacial score (nSPS) is 14.9. The topological polar surface area (TPSA) is 335 Å². The van der Waals surface area contributed by atoms with Gasteiger partial charge in [-0.2, -0.15) is 26.3 Å². The van der Waals surface area contributed by atoms with Gasteiger partial charge in [0.25, 0.3) is 11.6 Å². The summed E-state index contributed by atoms with van der Waals surface area (Å²) in [7, 11) is 0. The zero-order valence-electron chi connectivity index (χ0n) is 36.1. The molecule has 380 valence electrons. The van der Waals surface area contributed by atoms with Gasteiger partial charge >= 0.3 is 60.1 Å². The van der Waals surface area contributed by atoms with Gasteiger partial charge in [0.2, 0.25) is 5.41 Å². The van der Waals surface area contributed by atoms with Crippen molar-refractivity contribution in [2.24, 2.45) is 5.41 Å². The van der Waals surface area contributed by atoms with Gasteiger partial charge in [-0.25, -0.2) is 38.4 Å². The number of ether oxygens (including phenoxy) is 4. The number of aromatic carboxylic acids is 8. The first kappa shape index (κ1) is 52.7. The van der Waals surface area contributed by atoms with Crippen LogP contribution in [0.1, 0.15) is 95.7 Å². The number of halogens is 6. The highest BCUT2D eigenvalue weighted by Crippen LogP contribution is 2.61. The molecule has 0 aromatic heterocycles. The number of carboxylic acids is 8. The molecule has 73 heavy (non-hydrogen) atoms. The van der Waals surface area contributed by atoms with Crippen LogP contribution < -0.4 is 18.9 Å². The molecule has 0 bridgehead atoms. The van der Waals surface area contributed by atoms with Crippen LogP contribution in [0.3, 0.4) is 0 Å². The summed E-state index contributed by atoms with van der Waals surface area (Å²) in [5.74, 6) is -22.0. The van der Waals surface area contributed by atoms with Crippen LogP contribution >= 0.6 is 0 Å². The van der Waals surface area contributed by atoms with Crippen molar-refractivity contribution in [3.8, 4) is 23.0 Å². The molecule has 0 spiro atoms. The Kier molecular flexibility index (Phi) is 13.9. The molecule has 0 aliphatic heterocycles. The van der Waals surface area contributed by atoms with Crippen molar-refractivity contribution in [2.75, 3.05) is 0 Å². The van der Waals surface area contributed by atoms with Gasteiger partial charge in [-0.15, -0.1) is 0 Å². The Hall–Kier alpha value is -9.62. The van der Waals surface area contributed by atoms with Crippen LogP contribution in [0.25, 0.3) is 0 Å². The molecule has 4 aromatic rings. The minimum atomic E-state index is -6.35. The van der Waals surface area contributed by atoms with Gasteiger partial charge < -0.3 is 59.8 Å². The lowest BCUT2D eigenvalue weighted by Gasteiger charge is -2.43. The monoisotopic (exact) mass is 1030 g/mol. The van der Waals surface area contributed by atoms with Gasteiger partial charge in [0.15, 0.2) is 0 Å². The number of carbonyl (C=O) groups is 8. The van der Waals surface area contributed by atoms with E-state index in [2.05, 4.69) is 0 Å². The largest absolute Gasteiger partial charge is 0.478 e. The SMILES string of the molecule is O=C(O)c1ccc(OC2(Oc3ccc(C(=O)O)c(C(=O)O)c3)C=CC(C(C3=CCC(Oc4ccc(C(=O)O)c(C(=O)O)c4)(Oc4ccc(C(=O)O)c(C(=O)O)c4)C=C3)(C(F)(F)F)C(F)(F)F)=CC2)cc1C(=O)O. The third-order valence-corrected chi connectivity index (χ3v) is 10.9. The van der Waals surface area contributed by atoms with E-state index in [1.54, 1.807) is 0 Å². The number of carboxylic acid groups (broad SMARTS) is 8. The molecule has 0 saturated carbocycles. The minimum Gasteiger partial charge on any atom is -0.478 e. The van der Waals surface area contributed by atoms with Gasteiger partial charge in [0.05, 0.1) is 44.5 Å². The van der Waals surface area contributed by atoms with Gasteiger partial charge in [0, 0.05) is 25.0 Å². The summed E-state index contributed by atoms with van der Waals surface area (Å²) in [6, 6.07) is 8.79. The molecule has 4 aromatic carbocycles. The standard InChI is InChI=1S/C47H30F6O20/c48-46(49,50)45(47(51,52)53,21-9-13-43(14-10-21,70-23-1-5-27(35(54)55)31(17-23)39(62)63)71-24-2-6-28(36(56)57)32(18-24)40(64)65)22-11-15-44(16-12-22,72-25-3-7-29(37(58)59)33(19-25)41(66)67)73-26-4-8-30(38(60)61)34(20-26)42(68)69/h1-13,15,17-20H,14,16H2,(H,54,55)(H,56,57)(H,58,59)(H,60,61)(H,62,63)(H,64,65)(H,66,67)(H,68,69). The molecule has 26 heteroatoms. The average molecular weight is 1030 g/mol. The molecule has 0 radical (unpaired) electrons. The van der Waals surface area contributed by atoms with Crippen LogP contribution in [0.15, 0.2) is 120 Å². The van der Waals surface area contributed by atoms with E-state index in [9.17, 15) is 79.2 Å². The highest BCUT2D eigenvalue weighted by Gasteiger charge is 2.74. The molecule has 0 fully saturated rings. The third-order valence-electron chi connectivity index (χ3n) is 10.9. The van der Waals surface area contributed by atoms with E-state index < -0.39 is 169 Å². The van der Waals surface area contributed by atoms with Crippen molar-refractivity contribution in [2.45, 2.75) is 36.8 Å². The van der Waals surface area contributed by atoms with E-state index in [0.717, 1.165) is 48.5 Å². The smallest absolute Gasteiger partial charge is 0.411 e. The maximum Gasteiger partial charge on any atom is 0.411 e. The summed E-state index contributed by atoms with van der Waals surface area (Å²) < 4.78 is 117. The fourth-order valence-electron chi connectivity index (χ4n) is 7.69. The minimum absolute atomic E-state index is 0.246. The van der Waals surface area contributed by atoms with Crippen LogP contribution in [-0.2, 0) is 0 Å². The molecular weight excluding hydrogens is 998 g/mol. The fourth-order valence-corrected chi connectivity index (χ4v) is 7.69. The lowest BCUT2D eigenvalue weighted by Crippen LogP contribution is -2.54. The first-order chi connectivity index (χ1) is 33.9. The Morgan fingerprint density at radius 1 is 0.370 bits per heavy atom. The molecule has 0 unspecified atom stereocenters. The summed E-state index contributed by atoms with van der Waals surface area (Å²) in [6.07, 6.45) is -12.9. The number of benzene rings is 4. The Morgan fingerprint density at radius 2 is 0.589 bits per heavy atom. The summed E-state index contributed by atoms with van der Waals surface area (Å²) in [5, 5.41) is 76.8. The number of alkyl halides is 6. The van der Waals surface area contributed by atoms with Crippen molar-refractivity contribution < 1.29 is 124 Å². The predicted octanol–water partition coefficient (Wildman–Crippen LogP) is 8.16. The lowest BCUT2D eigenvalue weighted by atomic mass is 9.68. The maximum atomic E-state index is 15.7. The predicted molar refractivity (Wildman–Crippen MR) is 228 cm³/mol. The second kappa shape index (κ2) is 19.3. The highest BCUT2D eigenvalue weighted by atomic mass is 19.4. The first-order valence-electron chi connectivity index (χ1n) is 20.1. The first-order valence-corrected chi connectivity index (χ1v) is 20.1. The molecule has 20 nitrogen and oxygen atoms in total. The van der Waals surface area contributed by atoms with E-state index in [4.69, 9.17) is 18.9 Å². The third kappa shape index (κ3) is 10.3. The molecule has 0 saturated heterocycles. The van der Waals surface area contributed by atoms with E-state index in [0.29, 0.717) is 48.6 Å². The van der Waals surface area contributed by atoms with Gasteiger partial charge in [-0.3, -0.25) is 0 Å². The Morgan fingerprint density at radius 3 is 0.753 bits per heavy atom. The lowest BCUT2D eigenvalue weighted by molar-refractivity contribution is -0.309. The maximum absolute atomic E-state index is 15.7. The summed E-state index contributed by atoms with van der Waals surface area (Å²) in [5.41, 5.74) is -15.0. The van der Waals surface area contributed by atoms with E-state index in [-0.39, 0.29) is 12.2 Å². The second-order valence-corrected chi connectivity index (χ2v) is 15.4. The molecule has 0 heterocycles. The van der Waals surface area contributed by atoms with E-state index in [1.807, 2.05) is 0 Å². The summed E-state index contributed by atoms with van der Waals surface area (Å²) in [4.78, 5) is 94.9. The highest BCUT2D eigenvalue weighted by molar-refractivity contribution is 6.04. The molecule has 2 aliphatic carbocycles. The van der Waals surface area contributed by atoms with E-state index >= 15 is 26.3 Å². The van der Waals surface area contributed by atoms with Crippen LogP contribution in [0, 0.1) is 5.41 Å². The quantitative estimate of drug-likeness (QED) is 0.0344. The Balaban J connectivity index is 1.50. The molecule has 2 aliphatic rings. The van der Waals surface area contributed by atoms with Crippen LogP contribution in [0.5, 0.6) is 23.0 Å². The van der Waals surface area contributed by atoms with Crippen LogP contribution in [0.2, 0.25) is 0 Å². The van der Waals surface area contributed by atoms with Crippen molar-refractivity contribution in [3.63, 3.8) is 0 Å². The second-order valence-electron chi connectivity index (χ2n) is 15.4. The molecule has 8 N–H and O–H groups in total. The number of hydrogen-bond acceptors (Lipinski definition) is 12. The molecule has 0 amide bonds. The van der Waals surface area contributed by atoms with Crippen molar-refractivity contribution >= 4 is 47.8 Å². The molecule has 6 rings (SSSR count). The van der Waals surface area contributed by atoms with Crippen LogP contribution in [0.4, 0.5) is 26.3 Å². The van der Waals surface area contributed by atoms with E-state index in [1.165, 1.54) is 0 Å². The Bertz CT molecular complexity index is 2800. The van der Waals surface area contributed by atoms with Gasteiger partial charge in [-0.1, -0.05) is 24.3 Å².